The van der Waals surface area contributed by atoms with Gasteiger partial charge in [-0.2, -0.15) is 0 Å². The largest absolute Gasteiger partial charge is 0.386 e. The number of aliphatic imine (C=N–C) groups is 1. The number of amidine groups is 1. The van der Waals surface area contributed by atoms with Crippen LogP contribution in [-0.4, -0.2) is 24.0 Å². The van der Waals surface area contributed by atoms with Crippen molar-refractivity contribution in [2.75, 3.05) is 13.2 Å². The molecular weight excluding hydrogens is 166 g/mol. The van der Waals surface area contributed by atoms with E-state index >= 15 is 0 Å². The first-order chi connectivity index (χ1) is 6.36. The maximum absolute atomic E-state index is 5.57. The van der Waals surface area contributed by atoms with Crippen molar-refractivity contribution in [1.29, 1.82) is 0 Å². The maximum atomic E-state index is 5.57. The summed E-state index contributed by atoms with van der Waals surface area (Å²) in [5.74, 6) is 0.556. The molecule has 2 heterocycles. The van der Waals surface area contributed by atoms with Crippen LogP contribution < -0.4 is 5.73 Å². The summed E-state index contributed by atoms with van der Waals surface area (Å²) >= 11 is 0. The number of aromatic nitrogens is 1. The van der Waals surface area contributed by atoms with Crippen molar-refractivity contribution >= 4 is 5.84 Å². The third-order valence-corrected chi connectivity index (χ3v) is 1.92. The zero-order valence-electron chi connectivity index (χ0n) is 7.18. The van der Waals surface area contributed by atoms with Crippen LogP contribution in [0.25, 0.3) is 0 Å². The molecule has 1 aliphatic rings. The van der Waals surface area contributed by atoms with Gasteiger partial charge in [0.25, 0.3) is 0 Å². The Bertz CT molecular complexity index is 310. The molecule has 0 spiro atoms. The van der Waals surface area contributed by atoms with Crippen LogP contribution in [0.3, 0.4) is 0 Å². The van der Waals surface area contributed by atoms with Crippen LogP contribution >= 0.6 is 0 Å². The van der Waals surface area contributed by atoms with Gasteiger partial charge in [0.2, 0.25) is 0 Å². The van der Waals surface area contributed by atoms with Gasteiger partial charge in [0.15, 0.2) is 0 Å². The SMILES string of the molecule is NC1=N[C@@H](c2cccnc2)COC1. The Morgan fingerprint density at radius 1 is 1.54 bits per heavy atom. The Labute approximate surface area is 76.5 Å². The highest BCUT2D eigenvalue weighted by Gasteiger charge is 2.15. The van der Waals surface area contributed by atoms with Crippen LogP contribution in [0.2, 0.25) is 0 Å². The standard InChI is InChI=1S/C9H11N3O/c10-9-6-13-5-8(12-9)7-2-1-3-11-4-7/h1-4,8H,5-6H2,(H2,10,12)/t8-/m1/s1. The fourth-order valence-corrected chi connectivity index (χ4v) is 1.29. The molecule has 0 saturated heterocycles. The zero-order chi connectivity index (χ0) is 9.10. The Morgan fingerprint density at radius 2 is 2.46 bits per heavy atom. The second-order valence-electron chi connectivity index (χ2n) is 2.94. The molecule has 0 radical (unpaired) electrons. The van der Waals surface area contributed by atoms with Crippen molar-refractivity contribution in [2.24, 2.45) is 10.7 Å². The number of ether oxygens (including phenoxy) is 1. The molecule has 2 N–H and O–H groups in total. The van der Waals surface area contributed by atoms with Crippen LogP contribution in [0.1, 0.15) is 11.6 Å². The molecule has 0 saturated carbocycles. The molecule has 0 fully saturated rings. The maximum Gasteiger partial charge on any atom is 0.121 e. The topological polar surface area (TPSA) is 60.5 Å². The summed E-state index contributed by atoms with van der Waals surface area (Å²) in [6.07, 6.45) is 3.52. The Kier molecular flexibility index (Phi) is 2.23. The summed E-state index contributed by atoms with van der Waals surface area (Å²) in [6.45, 7) is 1.03. The second kappa shape index (κ2) is 3.53. The summed E-state index contributed by atoms with van der Waals surface area (Å²) in [5, 5.41) is 0. The molecule has 4 nitrogen and oxygen atoms in total. The quantitative estimate of drug-likeness (QED) is 0.679. The first-order valence-corrected chi connectivity index (χ1v) is 4.16. The number of nitrogens with two attached hydrogens (primary N) is 1. The highest BCUT2D eigenvalue weighted by Crippen LogP contribution is 2.18. The van der Waals surface area contributed by atoms with Gasteiger partial charge in [0.1, 0.15) is 18.5 Å². The molecule has 68 valence electrons. The normalized spacial score (nSPS) is 22.5. The van der Waals surface area contributed by atoms with E-state index in [1.54, 1.807) is 12.4 Å². The van der Waals surface area contributed by atoms with Crippen molar-refractivity contribution < 1.29 is 4.74 Å². The fraction of sp³-hybridized carbons (Fsp3) is 0.333. The lowest BCUT2D eigenvalue weighted by Crippen LogP contribution is -2.27. The highest BCUT2D eigenvalue weighted by atomic mass is 16.5. The Balaban J connectivity index is 2.22. The van der Waals surface area contributed by atoms with Gasteiger partial charge in [-0.15, -0.1) is 0 Å². The molecule has 0 aromatic carbocycles. The van der Waals surface area contributed by atoms with E-state index in [1.807, 2.05) is 12.1 Å². The molecule has 0 aliphatic carbocycles. The Hall–Kier alpha value is -1.42. The van der Waals surface area contributed by atoms with Crippen molar-refractivity contribution in [3.63, 3.8) is 0 Å². The minimum absolute atomic E-state index is 0.0162. The molecular formula is C9H11N3O. The van der Waals surface area contributed by atoms with E-state index in [1.165, 1.54) is 0 Å². The van der Waals surface area contributed by atoms with E-state index in [0.717, 1.165) is 5.56 Å². The molecule has 13 heavy (non-hydrogen) atoms. The number of nitrogens with zero attached hydrogens (tertiary/aromatic N) is 2. The van der Waals surface area contributed by atoms with Crippen LogP contribution in [0.4, 0.5) is 0 Å². The molecule has 1 atom stereocenters. The molecule has 2 rings (SSSR count). The fourth-order valence-electron chi connectivity index (χ4n) is 1.29. The van der Waals surface area contributed by atoms with Gasteiger partial charge >= 0.3 is 0 Å². The lowest BCUT2D eigenvalue weighted by atomic mass is 10.1. The van der Waals surface area contributed by atoms with Gasteiger partial charge in [-0.3, -0.25) is 9.98 Å². The lowest BCUT2D eigenvalue weighted by Gasteiger charge is -2.18. The molecule has 1 aromatic rings. The first kappa shape index (κ1) is 8.19. The molecule has 0 bridgehead atoms. The van der Waals surface area contributed by atoms with Gasteiger partial charge in [0.05, 0.1) is 6.61 Å². The molecule has 1 aromatic heterocycles. The van der Waals surface area contributed by atoms with Crippen LogP contribution in [0.5, 0.6) is 0 Å². The van der Waals surface area contributed by atoms with Gasteiger partial charge < -0.3 is 10.5 Å². The van der Waals surface area contributed by atoms with Gasteiger partial charge in [-0.1, -0.05) is 6.07 Å². The van der Waals surface area contributed by atoms with Crippen LogP contribution in [0.15, 0.2) is 29.5 Å². The van der Waals surface area contributed by atoms with Gasteiger partial charge in [-0.25, -0.2) is 0 Å². The van der Waals surface area contributed by atoms with Crippen LogP contribution in [0, 0.1) is 0 Å². The minimum atomic E-state index is 0.0162. The summed E-state index contributed by atoms with van der Waals surface area (Å²) in [5.41, 5.74) is 6.61. The number of hydrogen-bond acceptors (Lipinski definition) is 4. The third kappa shape index (κ3) is 1.84. The minimum Gasteiger partial charge on any atom is -0.386 e. The summed E-state index contributed by atoms with van der Waals surface area (Å²) in [4.78, 5) is 8.30. The average Bonchev–Trinajstić information content (AvgIpc) is 2.19. The summed E-state index contributed by atoms with van der Waals surface area (Å²) in [6, 6.07) is 3.88. The van der Waals surface area contributed by atoms with Gasteiger partial charge in [0, 0.05) is 12.4 Å². The van der Waals surface area contributed by atoms with E-state index in [0.29, 0.717) is 19.0 Å². The number of rotatable bonds is 1. The van der Waals surface area contributed by atoms with Crippen molar-refractivity contribution in [2.45, 2.75) is 6.04 Å². The second-order valence-corrected chi connectivity index (χ2v) is 2.94. The van der Waals surface area contributed by atoms with E-state index in [9.17, 15) is 0 Å². The smallest absolute Gasteiger partial charge is 0.121 e. The van der Waals surface area contributed by atoms with Crippen molar-refractivity contribution in [3.8, 4) is 0 Å². The average molecular weight is 177 g/mol. The Morgan fingerprint density at radius 3 is 3.15 bits per heavy atom. The molecule has 1 aliphatic heterocycles. The van der Waals surface area contributed by atoms with E-state index in [4.69, 9.17) is 10.5 Å². The monoisotopic (exact) mass is 177 g/mol. The van der Waals surface area contributed by atoms with Crippen molar-refractivity contribution in [1.82, 2.24) is 4.98 Å². The van der Waals surface area contributed by atoms with E-state index < -0.39 is 0 Å². The molecule has 0 amide bonds. The number of pyridine rings is 1. The summed E-state index contributed by atoms with van der Waals surface area (Å²) in [7, 11) is 0. The molecule has 0 unspecified atom stereocenters. The number of hydrogen-bond donors (Lipinski definition) is 1. The first-order valence-electron chi connectivity index (χ1n) is 4.16. The molecule has 4 heteroatoms. The zero-order valence-corrected chi connectivity index (χ0v) is 7.18. The van der Waals surface area contributed by atoms with E-state index in [2.05, 4.69) is 9.98 Å². The van der Waals surface area contributed by atoms with Crippen LogP contribution in [-0.2, 0) is 4.74 Å². The van der Waals surface area contributed by atoms with Gasteiger partial charge in [-0.05, 0) is 11.6 Å². The van der Waals surface area contributed by atoms with E-state index in [-0.39, 0.29) is 6.04 Å². The predicted octanol–water partition coefficient (Wildman–Crippen LogP) is 0.510. The highest BCUT2D eigenvalue weighted by molar-refractivity contribution is 5.82. The lowest BCUT2D eigenvalue weighted by molar-refractivity contribution is 0.143. The third-order valence-electron chi connectivity index (χ3n) is 1.92. The predicted molar refractivity (Wildman–Crippen MR) is 49.4 cm³/mol. The summed E-state index contributed by atoms with van der Waals surface area (Å²) < 4.78 is 5.27. The van der Waals surface area contributed by atoms with Crippen molar-refractivity contribution in [3.05, 3.63) is 30.1 Å².